The molecule has 140 valence electrons. The Hall–Kier alpha value is -2.65. The van der Waals surface area contributed by atoms with Crippen molar-refractivity contribution in [1.29, 1.82) is 0 Å². The fourth-order valence-corrected chi connectivity index (χ4v) is 2.67. The van der Waals surface area contributed by atoms with Gasteiger partial charge in [0.05, 0.1) is 22.8 Å². The molecule has 10 heteroatoms. The van der Waals surface area contributed by atoms with E-state index < -0.39 is 35.4 Å². The summed E-state index contributed by atoms with van der Waals surface area (Å²) in [6.45, 7) is -0.501. The lowest BCUT2D eigenvalue weighted by Crippen LogP contribution is -2.19. The van der Waals surface area contributed by atoms with Crippen LogP contribution in [0.2, 0.25) is 5.02 Å². The molecule has 0 aliphatic rings. The second-order valence-electron chi connectivity index (χ2n) is 5.40. The second-order valence-corrected chi connectivity index (χ2v) is 6.22. The minimum absolute atomic E-state index is 0.156. The molecule has 1 heterocycles. The van der Waals surface area contributed by atoms with Gasteiger partial charge >= 0.3 is 0 Å². The summed E-state index contributed by atoms with van der Waals surface area (Å²) < 4.78 is 55.2. The first-order valence-electron chi connectivity index (χ1n) is 7.53. The third-order valence-electron chi connectivity index (χ3n) is 3.53. The number of hydrogen-bond acceptors (Lipinski definition) is 2. The second kappa shape index (κ2) is 7.93. The van der Waals surface area contributed by atoms with Crippen molar-refractivity contribution in [3.63, 3.8) is 0 Å². The Labute approximate surface area is 161 Å². The first kappa shape index (κ1) is 19.1. The number of thiocarbonyl (C=S) groups is 1. The highest BCUT2D eigenvalue weighted by Crippen LogP contribution is 2.22. The molecule has 0 aliphatic carbocycles. The van der Waals surface area contributed by atoms with E-state index in [2.05, 4.69) is 15.7 Å². The highest BCUT2D eigenvalue weighted by atomic mass is 35.5. The molecule has 0 fully saturated rings. The van der Waals surface area contributed by atoms with Crippen molar-refractivity contribution >= 4 is 40.4 Å². The van der Waals surface area contributed by atoms with Gasteiger partial charge in [-0.15, -0.1) is 0 Å². The summed E-state index contributed by atoms with van der Waals surface area (Å²) in [5.74, 6) is -5.61. The summed E-state index contributed by atoms with van der Waals surface area (Å²) in [6.07, 6.45) is 1.38. The average Bonchev–Trinajstić information content (AvgIpc) is 3.06. The Bertz CT molecular complexity index is 982. The van der Waals surface area contributed by atoms with Crippen molar-refractivity contribution in [3.8, 4) is 0 Å². The minimum atomic E-state index is -1.47. The molecule has 2 N–H and O–H groups in total. The molecule has 4 nitrogen and oxygen atoms in total. The highest BCUT2D eigenvalue weighted by molar-refractivity contribution is 7.80. The Kier molecular flexibility index (Phi) is 5.62. The van der Waals surface area contributed by atoms with E-state index in [0.29, 0.717) is 10.7 Å². The molecule has 3 rings (SSSR count). The van der Waals surface area contributed by atoms with E-state index in [-0.39, 0.29) is 17.0 Å². The Morgan fingerprint density at radius 2 is 1.70 bits per heavy atom. The maximum Gasteiger partial charge on any atom is 0.176 e. The average molecular weight is 415 g/mol. The smallest absolute Gasteiger partial charge is 0.176 e. The number of benzene rings is 2. The van der Waals surface area contributed by atoms with E-state index in [1.807, 2.05) is 0 Å². The largest absolute Gasteiger partial charge is 0.331 e. The number of halogens is 5. The Morgan fingerprint density at radius 3 is 2.37 bits per heavy atom. The molecular formula is C17H11ClF4N4S. The van der Waals surface area contributed by atoms with Crippen molar-refractivity contribution in [2.75, 3.05) is 10.6 Å². The number of anilines is 2. The lowest BCUT2D eigenvalue weighted by atomic mass is 10.2. The lowest BCUT2D eigenvalue weighted by molar-refractivity contribution is 0.431. The van der Waals surface area contributed by atoms with E-state index in [0.717, 1.165) is 4.68 Å². The molecular weight excluding hydrogens is 404 g/mol. The number of nitrogens with one attached hydrogen (secondary N) is 2. The zero-order chi connectivity index (χ0) is 19.6. The summed E-state index contributed by atoms with van der Waals surface area (Å²) >= 11 is 11.2. The van der Waals surface area contributed by atoms with Crippen LogP contribution in [0.3, 0.4) is 0 Å². The van der Waals surface area contributed by atoms with Crippen LogP contribution in [0.4, 0.5) is 29.1 Å². The molecule has 0 saturated heterocycles. The minimum Gasteiger partial charge on any atom is -0.331 e. The van der Waals surface area contributed by atoms with Crippen LogP contribution in [0.1, 0.15) is 5.56 Å². The summed E-state index contributed by atoms with van der Waals surface area (Å²) in [5.41, 5.74) is -0.186. The van der Waals surface area contributed by atoms with Gasteiger partial charge in [-0.3, -0.25) is 4.68 Å². The van der Waals surface area contributed by atoms with Gasteiger partial charge in [0.2, 0.25) is 0 Å². The van der Waals surface area contributed by atoms with E-state index in [1.165, 1.54) is 12.3 Å². The van der Waals surface area contributed by atoms with Crippen LogP contribution in [0.25, 0.3) is 0 Å². The van der Waals surface area contributed by atoms with Crippen molar-refractivity contribution < 1.29 is 17.6 Å². The van der Waals surface area contributed by atoms with Crippen LogP contribution in [0, 0.1) is 23.3 Å². The third-order valence-corrected chi connectivity index (χ3v) is 4.06. The van der Waals surface area contributed by atoms with Crippen LogP contribution in [-0.4, -0.2) is 14.9 Å². The number of para-hydroxylation sites is 1. The predicted octanol–water partition coefficient (Wildman–Crippen LogP) is 4.95. The molecule has 0 saturated carbocycles. The molecule has 0 bridgehead atoms. The van der Waals surface area contributed by atoms with E-state index >= 15 is 0 Å². The van der Waals surface area contributed by atoms with Crippen LogP contribution in [-0.2, 0) is 6.54 Å². The van der Waals surface area contributed by atoms with E-state index in [4.69, 9.17) is 23.8 Å². The van der Waals surface area contributed by atoms with Crippen molar-refractivity contribution in [2.45, 2.75) is 6.54 Å². The van der Waals surface area contributed by atoms with Crippen molar-refractivity contribution in [1.82, 2.24) is 9.78 Å². The molecule has 0 radical (unpaired) electrons. The van der Waals surface area contributed by atoms with Gasteiger partial charge in [-0.1, -0.05) is 23.7 Å². The maximum atomic E-state index is 13.7. The van der Waals surface area contributed by atoms with Gasteiger partial charge in [0.25, 0.3) is 0 Å². The van der Waals surface area contributed by atoms with Gasteiger partial charge in [0.15, 0.2) is 34.2 Å². The monoisotopic (exact) mass is 414 g/mol. The molecule has 0 aliphatic heterocycles. The van der Waals surface area contributed by atoms with Crippen molar-refractivity contribution in [3.05, 3.63) is 76.5 Å². The van der Waals surface area contributed by atoms with Gasteiger partial charge < -0.3 is 10.6 Å². The Morgan fingerprint density at radius 1 is 1.04 bits per heavy atom. The molecule has 0 amide bonds. The fourth-order valence-electron chi connectivity index (χ4n) is 2.27. The number of aromatic nitrogens is 2. The third kappa shape index (κ3) is 4.37. The molecule has 2 aromatic carbocycles. The van der Waals surface area contributed by atoms with Gasteiger partial charge in [0.1, 0.15) is 0 Å². The lowest BCUT2D eigenvalue weighted by Gasteiger charge is -2.10. The summed E-state index contributed by atoms with van der Waals surface area (Å²) in [6, 6.07) is 8.57. The van der Waals surface area contributed by atoms with E-state index in [1.54, 1.807) is 24.3 Å². The first-order chi connectivity index (χ1) is 12.8. The summed E-state index contributed by atoms with van der Waals surface area (Å²) in [7, 11) is 0. The number of rotatable bonds is 4. The van der Waals surface area contributed by atoms with Crippen molar-refractivity contribution in [2.24, 2.45) is 0 Å². The first-order valence-corrected chi connectivity index (χ1v) is 8.31. The standard InChI is InChI=1S/C17H11ClF4N4S/c18-10-3-1-2-4-13(10)23-17(27)24-14-5-6-26(25-14)8-9-15(21)11(19)7-12(20)16(9)22/h1-7H,8H2,(H2,23,24,25,27). The van der Waals surface area contributed by atoms with Gasteiger partial charge in [-0.25, -0.2) is 17.6 Å². The van der Waals surface area contributed by atoms with Crippen LogP contribution in [0.5, 0.6) is 0 Å². The number of hydrogen-bond donors (Lipinski definition) is 2. The summed E-state index contributed by atoms with van der Waals surface area (Å²) in [4.78, 5) is 0. The molecule has 1 aromatic heterocycles. The van der Waals surface area contributed by atoms with Gasteiger partial charge in [-0.2, -0.15) is 5.10 Å². The van der Waals surface area contributed by atoms with Crippen LogP contribution >= 0.6 is 23.8 Å². The van der Waals surface area contributed by atoms with Crippen LogP contribution in [0.15, 0.2) is 42.6 Å². The molecule has 0 unspecified atom stereocenters. The van der Waals surface area contributed by atoms with Gasteiger partial charge in [0, 0.05) is 18.3 Å². The molecule has 0 atom stereocenters. The quantitative estimate of drug-likeness (QED) is 0.360. The maximum absolute atomic E-state index is 13.7. The van der Waals surface area contributed by atoms with Crippen LogP contribution < -0.4 is 10.6 Å². The predicted molar refractivity (Wildman–Crippen MR) is 98.9 cm³/mol. The highest BCUT2D eigenvalue weighted by Gasteiger charge is 2.19. The topological polar surface area (TPSA) is 41.9 Å². The molecule has 27 heavy (non-hydrogen) atoms. The zero-order valence-corrected chi connectivity index (χ0v) is 15.0. The molecule has 0 spiro atoms. The van der Waals surface area contributed by atoms with E-state index in [9.17, 15) is 17.6 Å². The molecule has 3 aromatic rings. The Balaban J connectivity index is 1.71. The number of nitrogens with zero attached hydrogens (tertiary/aromatic N) is 2. The SMILES string of the molecule is Fc1cc(F)c(F)c(Cn2ccc(NC(=S)Nc3ccccc3Cl)n2)c1F. The normalized spacial score (nSPS) is 10.7. The zero-order valence-electron chi connectivity index (χ0n) is 13.4. The van der Waals surface area contributed by atoms with Gasteiger partial charge in [-0.05, 0) is 24.4 Å². The fraction of sp³-hybridized carbons (Fsp3) is 0.0588. The summed E-state index contributed by atoms with van der Waals surface area (Å²) in [5, 5.41) is 10.3.